The van der Waals surface area contributed by atoms with Crippen LogP contribution in [0.15, 0.2) is 36.4 Å². The van der Waals surface area contributed by atoms with Crippen molar-refractivity contribution < 1.29 is 19.4 Å². The van der Waals surface area contributed by atoms with Crippen molar-refractivity contribution >= 4 is 11.8 Å². The lowest BCUT2D eigenvalue weighted by Gasteiger charge is -2.24. The molecule has 0 amide bonds. The van der Waals surface area contributed by atoms with Crippen molar-refractivity contribution in [3.8, 4) is 5.75 Å². The van der Waals surface area contributed by atoms with Crippen molar-refractivity contribution in [2.24, 2.45) is 11.8 Å². The summed E-state index contributed by atoms with van der Waals surface area (Å²) in [6, 6.07) is 6.93. The van der Waals surface area contributed by atoms with Gasteiger partial charge in [0.05, 0.1) is 5.92 Å². The van der Waals surface area contributed by atoms with Crippen LogP contribution in [0.5, 0.6) is 5.75 Å². The van der Waals surface area contributed by atoms with Gasteiger partial charge in [-0.2, -0.15) is 0 Å². The number of hydrogen-bond donors (Lipinski definition) is 1. The molecule has 0 aliphatic heterocycles. The van der Waals surface area contributed by atoms with Crippen LogP contribution in [-0.4, -0.2) is 22.5 Å². The highest BCUT2D eigenvalue weighted by atomic mass is 16.5. The highest BCUT2D eigenvalue weighted by Gasteiger charge is 2.34. The van der Waals surface area contributed by atoms with Gasteiger partial charge in [-0.1, -0.05) is 12.2 Å². The molecule has 1 aromatic rings. The summed E-state index contributed by atoms with van der Waals surface area (Å²) >= 11 is 0. The fourth-order valence-electron chi connectivity index (χ4n) is 2.63. The third-order valence-electron chi connectivity index (χ3n) is 3.65. The molecule has 1 N–H and O–H groups in total. The second-order valence-corrected chi connectivity index (χ2v) is 6.60. The summed E-state index contributed by atoms with van der Waals surface area (Å²) in [5, 5.41) is 9.27. The van der Waals surface area contributed by atoms with E-state index in [4.69, 9.17) is 4.74 Å². The molecule has 0 spiro atoms. The Bertz CT molecular complexity index is 578. The maximum atomic E-state index is 12.6. The summed E-state index contributed by atoms with van der Waals surface area (Å²) < 4.78 is 5.72. The first-order valence-corrected chi connectivity index (χ1v) is 7.49. The highest BCUT2D eigenvalue weighted by Crippen LogP contribution is 2.30. The number of rotatable bonds is 4. The van der Waals surface area contributed by atoms with Gasteiger partial charge in [-0.25, -0.2) is 0 Å². The Balaban J connectivity index is 2.15. The fraction of sp³-hybridized carbons (Fsp3) is 0.444. The Morgan fingerprint density at radius 2 is 1.59 bits per heavy atom. The molecule has 0 saturated heterocycles. The molecule has 118 valence electrons. The minimum absolute atomic E-state index is 0.112. The van der Waals surface area contributed by atoms with Crippen LogP contribution in [0.25, 0.3) is 0 Å². The summed E-state index contributed by atoms with van der Waals surface area (Å²) in [6.07, 6.45) is 4.62. The van der Waals surface area contributed by atoms with E-state index in [1.165, 1.54) is 0 Å². The van der Waals surface area contributed by atoms with Gasteiger partial charge in [-0.15, -0.1) is 0 Å². The van der Waals surface area contributed by atoms with Crippen LogP contribution in [0.3, 0.4) is 0 Å². The Kier molecular flexibility index (Phi) is 4.69. The maximum Gasteiger partial charge on any atom is 0.307 e. The second kappa shape index (κ2) is 6.34. The number of carbonyl (C=O) groups excluding carboxylic acids is 1. The fourth-order valence-corrected chi connectivity index (χ4v) is 2.63. The molecule has 0 bridgehead atoms. The first-order valence-electron chi connectivity index (χ1n) is 7.49. The Morgan fingerprint density at radius 3 is 2.09 bits per heavy atom. The molecule has 0 fully saturated rings. The van der Waals surface area contributed by atoms with Crippen LogP contribution in [-0.2, 0) is 4.79 Å². The molecule has 0 heterocycles. The van der Waals surface area contributed by atoms with Crippen molar-refractivity contribution in [1.29, 1.82) is 0 Å². The van der Waals surface area contributed by atoms with E-state index in [2.05, 4.69) is 0 Å². The zero-order chi connectivity index (χ0) is 16.3. The van der Waals surface area contributed by atoms with Gasteiger partial charge in [0.2, 0.25) is 0 Å². The van der Waals surface area contributed by atoms with Gasteiger partial charge in [0.25, 0.3) is 0 Å². The molecule has 4 nitrogen and oxygen atoms in total. The van der Waals surface area contributed by atoms with E-state index < -0.39 is 17.8 Å². The maximum absolute atomic E-state index is 12.6. The van der Waals surface area contributed by atoms with Crippen LogP contribution in [0.1, 0.15) is 44.0 Å². The van der Waals surface area contributed by atoms with Crippen molar-refractivity contribution in [3.05, 3.63) is 42.0 Å². The molecule has 0 aromatic heterocycles. The summed E-state index contributed by atoms with van der Waals surface area (Å²) in [7, 11) is 0. The molecule has 1 aliphatic carbocycles. The molecule has 4 heteroatoms. The van der Waals surface area contributed by atoms with Crippen LogP contribution >= 0.6 is 0 Å². The number of carboxylic acids is 1. The van der Waals surface area contributed by atoms with E-state index >= 15 is 0 Å². The van der Waals surface area contributed by atoms with E-state index in [-0.39, 0.29) is 11.4 Å². The van der Waals surface area contributed by atoms with E-state index in [1.54, 1.807) is 24.3 Å². The number of benzene rings is 1. The number of ketones is 1. The first kappa shape index (κ1) is 16.3. The van der Waals surface area contributed by atoms with Gasteiger partial charge in [0, 0.05) is 11.5 Å². The Hall–Kier alpha value is -2.10. The van der Waals surface area contributed by atoms with Gasteiger partial charge < -0.3 is 9.84 Å². The molecule has 1 aliphatic rings. The minimum atomic E-state index is -0.907. The van der Waals surface area contributed by atoms with E-state index in [0.29, 0.717) is 24.2 Å². The van der Waals surface area contributed by atoms with Gasteiger partial charge in [-0.05, 0) is 57.9 Å². The standard InChI is InChI=1S/C18H22O4/c1-18(2,3)22-13-10-8-12(9-11-13)16(19)14-6-4-5-7-15(14)17(20)21/h4-5,8-11,14-15H,6-7H2,1-3H3,(H,20,21). The number of ether oxygens (including phenoxy) is 1. The van der Waals surface area contributed by atoms with Gasteiger partial charge in [0.1, 0.15) is 11.4 Å². The average molecular weight is 302 g/mol. The molecule has 0 saturated carbocycles. The third-order valence-corrected chi connectivity index (χ3v) is 3.65. The lowest BCUT2D eigenvalue weighted by atomic mass is 9.78. The topological polar surface area (TPSA) is 63.6 Å². The summed E-state index contributed by atoms with van der Waals surface area (Å²) in [6.45, 7) is 5.87. The number of carboxylic acid groups (broad SMARTS) is 1. The number of aliphatic carboxylic acids is 1. The van der Waals surface area contributed by atoms with Crippen LogP contribution in [0.2, 0.25) is 0 Å². The second-order valence-electron chi connectivity index (χ2n) is 6.60. The number of Topliss-reactive ketones (excluding diaryl/α,β-unsaturated/α-hetero) is 1. The average Bonchev–Trinajstić information content (AvgIpc) is 2.45. The van der Waals surface area contributed by atoms with Crippen LogP contribution in [0.4, 0.5) is 0 Å². The highest BCUT2D eigenvalue weighted by molar-refractivity contribution is 6.00. The predicted molar refractivity (Wildman–Crippen MR) is 84.1 cm³/mol. The smallest absolute Gasteiger partial charge is 0.307 e. The molecule has 22 heavy (non-hydrogen) atoms. The van der Waals surface area contributed by atoms with Crippen molar-refractivity contribution in [3.63, 3.8) is 0 Å². The number of carbonyl (C=O) groups is 2. The Morgan fingerprint density at radius 1 is 1.05 bits per heavy atom. The van der Waals surface area contributed by atoms with Gasteiger partial charge in [-0.3, -0.25) is 9.59 Å². The van der Waals surface area contributed by atoms with Crippen molar-refractivity contribution in [2.45, 2.75) is 39.2 Å². The number of allylic oxidation sites excluding steroid dienone is 2. The van der Waals surface area contributed by atoms with Crippen molar-refractivity contribution in [1.82, 2.24) is 0 Å². The predicted octanol–water partition coefficient (Wildman–Crippen LogP) is 3.71. The molecule has 1 aromatic carbocycles. The van der Waals surface area contributed by atoms with E-state index in [9.17, 15) is 14.7 Å². The minimum Gasteiger partial charge on any atom is -0.488 e. The molecule has 0 radical (unpaired) electrons. The lowest BCUT2D eigenvalue weighted by molar-refractivity contribution is -0.143. The van der Waals surface area contributed by atoms with Crippen LogP contribution < -0.4 is 4.74 Å². The first-order chi connectivity index (χ1) is 10.3. The monoisotopic (exact) mass is 302 g/mol. The van der Waals surface area contributed by atoms with Gasteiger partial charge in [0.15, 0.2) is 5.78 Å². The molecule has 2 atom stereocenters. The normalized spacial score (nSPS) is 21.4. The number of hydrogen-bond acceptors (Lipinski definition) is 3. The molecular weight excluding hydrogens is 280 g/mol. The zero-order valence-corrected chi connectivity index (χ0v) is 13.2. The largest absolute Gasteiger partial charge is 0.488 e. The van der Waals surface area contributed by atoms with E-state index in [1.807, 2.05) is 32.9 Å². The molecular formula is C18H22O4. The van der Waals surface area contributed by atoms with Crippen LogP contribution in [0, 0.1) is 11.8 Å². The summed E-state index contributed by atoms with van der Waals surface area (Å²) in [5.74, 6) is -1.45. The SMILES string of the molecule is CC(C)(C)Oc1ccc(C(=O)C2CC=CCC2C(=O)O)cc1. The summed E-state index contributed by atoms with van der Waals surface area (Å²) in [5.41, 5.74) is 0.237. The quantitative estimate of drug-likeness (QED) is 0.680. The Labute approximate surface area is 130 Å². The summed E-state index contributed by atoms with van der Waals surface area (Å²) in [4.78, 5) is 23.9. The molecule has 2 unspecified atom stereocenters. The van der Waals surface area contributed by atoms with Crippen molar-refractivity contribution in [2.75, 3.05) is 0 Å². The lowest BCUT2D eigenvalue weighted by Crippen LogP contribution is -2.31. The zero-order valence-electron chi connectivity index (χ0n) is 13.2. The van der Waals surface area contributed by atoms with Gasteiger partial charge >= 0.3 is 5.97 Å². The third kappa shape index (κ3) is 3.97. The molecule has 2 rings (SSSR count). The van der Waals surface area contributed by atoms with E-state index in [0.717, 1.165) is 0 Å².